The molecule has 3 atom stereocenters. The second-order valence-electron chi connectivity index (χ2n) is 6.97. The van der Waals surface area contributed by atoms with Crippen molar-refractivity contribution in [2.75, 3.05) is 19.8 Å². The number of nitrogens with one attached hydrogen (secondary N) is 1. The van der Waals surface area contributed by atoms with Gasteiger partial charge in [0.15, 0.2) is 5.79 Å². The third-order valence-corrected chi connectivity index (χ3v) is 4.74. The molecule has 3 rings (SSSR count). The van der Waals surface area contributed by atoms with Crippen LogP contribution in [-0.4, -0.2) is 31.5 Å². The maximum Gasteiger partial charge on any atom is 0.223 e. The molecular weight excluding hydrogens is 316 g/mol. The summed E-state index contributed by atoms with van der Waals surface area (Å²) in [7, 11) is 0. The van der Waals surface area contributed by atoms with Crippen LogP contribution in [0.2, 0.25) is 0 Å². The summed E-state index contributed by atoms with van der Waals surface area (Å²) in [6.07, 6.45) is 1.17. The van der Waals surface area contributed by atoms with Crippen molar-refractivity contribution in [3.05, 3.63) is 35.4 Å². The summed E-state index contributed by atoms with van der Waals surface area (Å²) < 4.78 is 38.6. The Balaban J connectivity index is 1.48. The first-order chi connectivity index (χ1) is 11.4. The number of rotatable bonds is 6. The van der Waals surface area contributed by atoms with Crippen molar-refractivity contribution in [3.8, 4) is 0 Å². The monoisotopic (exact) mass is 339 g/mol. The molecule has 1 aromatic rings. The molecule has 1 aromatic carbocycles. The molecule has 1 saturated carbocycles. The predicted octanol–water partition coefficient (Wildman–Crippen LogP) is 2.97. The van der Waals surface area contributed by atoms with E-state index in [2.05, 4.69) is 5.32 Å². The predicted molar refractivity (Wildman–Crippen MR) is 84.3 cm³/mol. The minimum atomic E-state index is -0.581. The smallest absolute Gasteiger partial charge is 0.223 e. The highest BCUT2D eigenvalue weighted by Crippen LogP contribution is 2.49. The number of hydrogen-bond acceptors (Lipinski definition) is 3. The summed E-state index contributed by atoms with van der Waals surface area (Å²) >= 11 is 0. The second-order valence-corrected chi connectivity index (χ2v) is 6.97. The Morgan fingerprint density at radius 3 is 2.58 bits per heavy atom. The van der Waals surface area contributed by atoms with E-state index in [1.165, 1.54) is 18.2 Å². The first-order valence-electron chi connectivity index (χ1n) is 8.39. The van der Waals surface area contributed by atoms with Crippen LogP contribution in [0.15, 0.2) is 18.2 Å². The van der Waals surface area contributed by atoms with Crippen molar-refractivity contribution in [2.45, 2.75) is 38.4 Å². The average molecular weight is 339 g/mol. The Kier molecular flexibility index (Phi) is 4.88. The van der Waals surface area contributed by atoms with E-state index in [1.54, 1.807) is 0 Å². The van der Waals surface area contributed by atoms with E-state index in [0.717, 1.165) is 0 Å². The quantitative estimate of drug-likeness (QED) is 0.867. The first-order valence-corrected chi connectivity index (χ1v) is 8.39. The summed E-state index contributed by atoms with van der Waals surface area (Å²) in [6, 6.07) is 3.80. The van der Waals surface area contributed by atoms with Gasteiger partial charge in [-0.1, -0.05) is 13.0 Å². The molecule has 0 spiro atoms. The van der Waals surface area contributed by atoms with Crippen LogP contribution in [0.1, 0.15) is 38.2 Å². The van der Waals surface area contributed by atoms with Gasteiger partial charge in [0.05, 0.1) is 13.2 Å². The highest BCUT2D eigenvalue weighted by molar-refractivity contribution is 5.82. The van der Waals surface area contributed by atoms with Gasteiger partial charge in [0.2, 0.25) is 5.91 Å². The molecule has 24 heavy (non-hydrogen) atoms. The van der Waals surface area contributed by atoms with E-state index >= 15 is 0 Å². The van der Waals surface area contributed by atoms with E-state index in [0.29, 0.717) is 32.6 Å². The molecule has 1 saturated heterocycles. The molecule has 0 radical (unpaired) electrons. The zero-order valence-corrected chi connectivity index (χ0v) is 14.0. The standard InChI is InChI=1S/C18H23F2NO3/c1-11(9-18(2)23-6-7-24-18)10-21-17(22)13-8-12(13)16-14(19)4-3-5-15(16)20/h3-5,11-13H,6-10H2,1-2H3,(H,21,22). The van der Waals surface area contributed by atoms with Gasteiger partial charge in [-0.3, -0.25) is 4.79 Å². The van der Waals surface area contributed by atoms with Crippen LogP contribution in [0.4, 0.5) is 8.78 Å². The van der Waals surface area contributed by atoms with E-state index in [-0.39, 0.29) is 29.2 Å². The Bertz CT molecular complexity index is 596. The summed E-state index contributed by atoms with van der Waals surface area (Å²) in [6.45, 7) is 5.58. The lowest BCUT2D eigenvalue weighted by Crippen LogP contribution is -2.35. The molecule has 0 bridgehead atoms. The first kappa shape index (κ1) is 17.3. The molecule has 132 valence electrons. The van der Waals surface area contributed by atoms with Crippen LogP contribution in [0.3, 0.4) is 0 Å². The van der Waals surface area contributed by atoms with Crippen molar-refractivity contribution in [1.82, 2.24) is 5.32 Å². The Morgan fingerprint density at radius 1 is 1.33 bits per heavy atom. The van der Waals surface area contributed by atoms with Gasteiger partial charge in [-0.2, -0.15) is 0 Å². The van der Waals surface area contributed by atoms with Gasteiger partial charge in [-0.25, -0.2) is 8.78 Å². The summed E-state index contributed by atoms with van der Waals surface area (Å²) in [5.41, 5.74) is 0.0333. The fourth-order valence-corrected chi connectivity index (χ4v) is 3.45. The normalized spacial score (nSPS) is 26.2. The number of ether oxygens (including phenoxy) is 2. The molecule has 1 heterocycles. The van der Waals surface area contributed by atoms with Crippen LogP contribution in [0.5, 0.6) is 0 Å². The molecule has 4 nitrogen and oxygen atoms in total. The fraction of sp³-hybridized carbons (Fsp3) is 0.611. The van der Waals surface area contributed by atoms with Crippen molar-refractivity contribution in [3.63, 3.8) is 0 Å². The lowest BCUT2D eigenvalue weighted by Gasteiger charge is -2.26. The molecular formula is C18H23F2NO3. The maximum atomic E-state index is 13.8. The summed E-state index contributed by atoms with van der Waals surface area (Å²) in [5.74, 6) is -2.41. The van der Waals surface area contributed by atoms with Gasteiger partial charge < -0.3 is 14.8 Å². The molecule has 1 N–H and O–H groups in total. The lowest BCUT2D eigenvalue weighted by atomic mass is 10.0. The molecule has 3 unspecified atom stereocenters. The molecule has 2 aliphatic rings. The summed E-state index contributed by atoms with van der Waals surface area (Å²) in [5, 5.41) is 2.88. The molecule has 0 aromatic heterocycles. The van der Waals surface area contributed by atoms with E-state index in [1.807, 2.05) is 13.8 Å². The van der Waals surface area contributed by atoms with Gasteiger partial charge in [0.25, 0.3) is 0 Å². The average Bonchev–Trinajstić information content (AvgIpc) is 3.19. The van der Waals surface area contributed by atoms with E-state index in [9.17, 15) is 13.6 Å². The molecule has 1 aliphatic carbocycles. The van der Waals surface area contributed by atoms with Crippen LogP contribution in [0, 0.1) is 23.5 Å². The lowest BCUT2D eigenvalue weighted by molar-refractivity contribution is -0.154. The summed E-state index contributed by atoms with van der Waals surface area (Å²) in [4.78, 5) is 12.2. The number of amides is 1. The zero-order valence-electron chi connectivity index (χ0n) is 14.0. The van der Waals surface area contributed by atoms with E-state index < -0.39 is 17.4 Å². The fourth-order valence-electron chi connectivity index (χ4n) is 3.45. The Labute approximate surface area is 140 Å². The molecule has 6 heteroatoms. The highest BCUT2D eigenvalue weighted by atomic mass is 19.1. The zero-order chi connectivity index (χ0) is 17.3. The van der Waals surface area contributed by atoms with Gasteiger partial charge in [0.1, 0.15) is 11.6 Å². The highest BCUT2D eigenvalue weighted by Gasteiger charge is 2.46. The number of carbonyl (C=O) groups is 1. The number of halogens is 2. The minimum absolute atomic E-state index is 0.0333. The number of benzene rings is 1. The number of carbonyl (C=O) groups excluding carboxylic acids is 1. The molecule has 2 fully saturated rings. The molecule has 1 aliphatic heterocycles. The topological polar surface area (TPSA) is 47.6 Å². The second kappa shape index (κ2) is 6.76. The van der Waals surface area contributed by atoms with Crippen LogP contribution < -0.4 is 5.32 Å². The van der Waals surface area contributed by atoms with Gasteiger partial charge in [-0.05, 0) is 31.4 Å². The third kappa shape index (κ3) is 3.75. The molecule has 1 amide bonds. The Hall–Kier alpha value is -1.53. The SMILES string of the molecule is CC(CNC(=O)C1CC1c1c(F)cccc1F)CC1(C)OCCO1. The number of hydrogen-bond donors (Lipinski definition) is 1. The maximum absolute atomic E-state index is 13.8. The van der Waals surface area contributed by atoms with Crippen LogP contribution in [-0.2, 0) is 14.3 Å². The minimum Gasteiger partial charge on any atom is -0.356 e. The Morgan fingerprint density at radius 2 is 1.96 bits per heavy atom. The van der Waals surface area contributed by atoms with Gasteiger partial charge >= 0.3 is 0 Å². The van der Waals surface area contributed by atoms with Gasteiger partial charge in [0, 0.05) is 30.4 Å². The van der Waals surface area contributed by atoms with Crippen molar-refractivity contribution in [1.29, 1.82) is 0 Å². The van der Waals surface area contributed by atoms with E-state index in [4.69, 9.17) is 9.47 Å². The van der Waals surface area contributed by atoms with Crippen LogP contribution in [0.25, 0.3) is 0 Å². The van der Waals surface area contributed by atoms with Crippen molar-refractivity contribution in [2.24, 2.45) is 11.8 Å². The van der Waals surface area contributed by atoms with Crippen molar-refractivity contribution >= 4 is 5.91 Å². The van der Waals surface area contributed by atoms with Crippen molar-refractivity contribution < 1.29 is 23.0 Å². The largest absolute Gasteiger partial charge is 0.356 e. The third-order valence-electron chi connectivity index (χ3n) is 4.74. The van der Waals surface area contributed by atoms with Crippen LogP contribution >= 0.6 is 0 Å². The van der Waals surface area contributed by atoms with Gasteiger partial charge in [-0.15, -0.1) is 0 Å².